The Hall–Kier alpha value is -0.650. The number of hydrogen-bond donors (Lipinski definition) is 1. The van der Waals surface area contributed by atoms with Crippen LogP contribution in [0.5, 0.6) is 0 Å². The Morgan fingerprint density at radius 1 is 1.32 bits per heavy atom. The molecule has 0 unspecified atom stereocenters. The summed E-state index contributed by atoms with van der Waals surface area (Å²) in [7, 11) is 0. The number of ether oxygens (including phenoxy) is 1. The smallest absolute Gasteiger partial charge is 0.237 e. The van der Waals surface area contributed by atoms with Crippen molar-refractivity contribution in [3.63, 3.8) is 0 Å². The van der Waals surface area contributed by atoms with E-state index in [1.54, 1.807) is 0 Å². The molecule has 0 radical (unpaired) electrons. The number of amides is 1. The molecule has 2 atom stereocenters. The molecule has 0 bridgehead atoms. The van der Waals surface area contributed by atoms with E-state index < -0.39 is 0 Å². The van der Waals surface area contributed by atoms with Gasteiger partial charge in [0.05, 0.1) is 12.6 Å². The van der Waals surface area contributed by atoms with Crippen molar-refractivity contribution in [2.45, 2.75) is 65.6 Å². The molecule has 0 aromatic rings. The maximum atomic E-state index is 12.4. The predicted octanol–water partition coefficient (Wildman–Crippen LogP) is 1.72. The van der Waals surface area contributed by atoms with Gasteiger partial charge in [0.1, 0.15) is 0 Å². The third-order valence-corrected chi connectivity index (χ3v) is 4.26. The molecular formula is C17H35N3O2. The van der Waals surface area contributed by atoms with Gasteiger partial charge < -0.3 is 10.1 Å². The lowest BCUT2D eigenvalue weighted by Gasteiger charge is -2.43. The molecule has 1 N–H and O–H groups in total. The van der Waals surface area contributed by atoms with Crippen LogP contribution < -0.4 is 5.32 Å². The SMILES string of the molecule is CCOCCN1CCN([C@@H](C)C(=O)NC(C)(C)C)C[C@H]1CC. The first-order valence-corrected chi connectivity index (χ1v) is 8.66. The van der Waals surface area contributed by atoms with Gasteiger partial charge in [-0.05, 0) is 41.0 Å². The molecule has 0 saturated carbocycles. The van der Waals surface area contributed by atoms with E-state index in [0.29, 0.717) is 6.04 Å². The van der Waals surface area contributed by atoms with Crippen molar-refractivity contribution >= 4 is 5.91 Å². The molecular weight excluding hydrogens is 278 g/mol. The highest BCUT2D eigenvalue weighted by Crippen LogP contribution is 2.15. The van der Waals surface area contributed by atoms with Crippen molar-refractivity contribution in [3.05, 3.63) is 0 Å². The summed E-state index contributed by atoms with van der Waals surface area (Å²) in [6, 6.07) is 0.446. The van der Waals surface area contributed by atoms with Crippen molar-refractivity contribution in [3.8, 4) is 0 Å². The third kappa shape index (κ3) is 6.23. The summed E-state index contributed by atoms with van der Waals surface area (Å²) in [4.78, 5) is 17.2. The Morgan fingerprint density at radius 3 is 2.55 bits per heavy atom. The van der Waals surface area contributed by atoms with Crippen molar-refractivity contribution in [1.82, 2.24) is 15.1 Å². The second-order valence-corrected chi connectivity index (χ2v) is 7.21. The molecule has 5 heteroatoms. The topological polar surface area (TPSA) is 44.8 Å². The van der Waals surface area contributed by atoms with Crippen molar-refractivity contribution in [1.29, 1.82) is 0 Å². The van der Waals surface area contributed by atoms with Crippen LogP contribution in [0.25, 0.3) is 0 Å². The minimum absolute atomic E-state index is 0.0673. The molecule has 22 heavy (non-hydrogen) atoms. The van der Waals surface area contributed by atoms with Crippen LogP contribution in [0, 0.1) is 0 Å². The Kier molecular flexibility index (Phi) is 7.80. The van der Waals surface area contributed by atoms with E-state index in [1.165, 1.54) is 0 Å². The van der Waals surface area contributed by atoms with E-state index in [0.717, 1.165) is 45.8 Å². The molecule has 0 aromatic carbocycles. The maximum Gasteiger partial charge on any atom is 0.237 e. The molecule has 1 aliphatic rings. The maximum absolute atomic E-state index is 12.4. The summed E-state index contributed by atoms with van der Waals surface area (Å²) in [5.74, 6) is 0.130. The highest BCUT2D eigenvalue weighted by atomic mass is 16.5. The van der Waals surface area contributed by atoms with Crippen LogP contribution in [0.3, 0.4) is 0 Å². The fraction of sp³-hybridized carbons (Fsp3) is 0.941. The summed E-state index contributed by atoms with van der Waals surface area (Å²) < 4.78 is 5.48. The first-order valence-electron chi connectivity index (χ1n) is 8.66. The monoisotopic (exact) mass is 313 g/mol. The third-order valence-electron chi connectivity index (χ3n) is 4.26. The highest BCUT2D eigenvalue weighted by Gasteiger charge is 2.31. The van der Waals surface area contributed by atoms with Gasteiger partial charge in [-0.25, -0.2) is 0 Å². The second kappa shape index (κ2) is 8.85. The minimum Gasteiger partial charge on any atom is -0.380 e. The van der Waals surface area contributed by atoms with E-state index in [1.807, 2.05) is 34.6 Å². The van der Waals surface area contributed by atoms with Crippen LogP contribution in [-0.4, -0.2) is 72.7 Å². The Labute approximate surface area is 136 Å². The predicted molar refractivity (Wildman–Crippen MR) is 91.1 cm³/mol. The zero-order valence-electron chi connectivity index (χ0n) is 15.3. The lowest BCUT2D eigenvalue weighted by atomic mass is 10.1. The number of nitrogens with one attached hydrogen (secondary N) is 1. The lowest BCUT2D eigenvalue weighted by Crippen LogP contribution is -2.59. The van der Waals surface area contributed by atoms with E-state index in [2.05, 4.69) is 22.0 Å². The highest BCUT2D eigenvalue weighted by molar-refractivity contribution is 5.81. The average Bonchev–Trinajstić information content (AvgIpc) is 2.45. The van der Waals surface area contributed by atoms with E-state index in [9.17, 15) is 4.79 Å². The lowest BCUT2D eigenvalue weighted by molar-refractivity contribution is -0.128. The number of piperazine rings is 1. The molecule has 1 heterocycles. The molecule has 0 aliphatic carbocycles. The van der Waals surface area contributed by atoms with E-state index in [4.69, 9.17) is 4.74 Å². The van der Waals surface area contributed by atoms with Crippen molar-refractivity contribution in [2.75, 3.05) is 39.4 Å². The van der Waals surface area contributed by atoms with Crippen LogP contribution in [-0.2, 0) is 9.53 Å². The largest absolute Gasteiger partial charge is 0.380 e. The van der Waals surface area contributed by atoms with Crippen molar-refractivity contribution in [2.24, 2.45) is 0 Å². The first-order chi connectivity index (χ1) is 10.3. The van der Waals surface area contributed by atoms with Gasteiger partial charge in [0.25, 0.3) is 0 Å². The summed E-state index contributed by atoms with van der Waals surface area (Å²) in [6.45, 7) is 17.8. The van der Waals surface area contributed by atoms with Gasteiger partial charge in [0.2, 0.25) is 5.91 Å². The van der Waals surface area contributed by atoms with Crippen LogP contribution in [0.1, 0.15) is 48.0 Å². The summed E-state index contributed by atoms with van der Waals surface area (Å²) in [5.41, 5.74) is -0.172. The fourth-order valence-electron chi connectivity index (χ4n) is 2.92. The summed E-state index contributed by atoms with van der Waals surface area (Å²) >= 11 is 0. The van der Waals surface area contributed by atoms with Crippen LogP contribution in [0.4, 0.5) is 0 Å². The minimum atomic E-state index is -0.172. The van der Waals surface area contributed by atoms with Gasteiger partial charge in [-0.1, -0.05) is 6.92 Å². The molecule has 5 nitrogen and oxygen atoms in total. The van der Waals surface area contributed by atoms with Crippen LogP contribution >= 0.6 is 0 Å². The standard InChI is InChI=1S/C17H35N3O2/c1-7-15-13-20(10-9-19(15)11-12-22-8-2)14(3)16(21)18-17(4,5)6/h14-15H,7-13H2,1-6H3,(H,18,21)/t14-,15+/m0/s1. The van der Waals surface area contributed by atoms with E-state index >= 15 is 0 Å². The number of carbonyl (C=O) groups is 1. The van der Waals surface area contributed by atoms with Crippen molar-refractivity contribution < 1.29 is 9.53 Å². The number of carbonyl (C=O) groups excluding carboxylic acids is 1. The van der Waals surface area contributed by atoms with E-state index in [-0.39, 0.29) is 17.5 Å². The van der Waals surface area contributed by atoms with Gasteiger partial charge in [0, 0.05) is 44.4 Å². The summed E-state index contributed by atoms with van der Waals surface area (Å²) in [6.07, 6.45) is 1.11. The zero-order valence-corrected chi connectivity index (χ0v) is 15.3. The van der Waals surface area contributed by atoms with Crippen LogP contribution in [0.15, 0.2) is 0 Å². The molecule has 1 aliphatic heterocycles. The molecule has 130 valence electrons. The quantitative estimate of drug-likeness (QED) is 0.727. The van der Waals surface area contributed by atoms with Crippen LogP contribution in [0.2, 0.25) is 0 Å². The number of rotatable bonds is 7. The number of hydrogen-bond acceptors (Lipinski definition) is 4. The second-order valence-electron chi connectivity index (χ2n) is 7.21. The molecule has 0 aromatic heterocycles. The van der Waals surface area contributed by atoms with Gasteiger partial charge in [-0.3, -0.25) is 14.6 Å². The molecule has 0 spiro atoms. The van der Waals surface area contributed by atoms with Gasteiger partial charge in [0.15, 0.2) is 0 Å². The molecule has 1 fully saturated rings. The molecule has 1 amide bonds. The first kappa shape index (κ1) is 19.4. The van der Waals surface area contributed by atoms with Gasteiger partial charge in [-0.15, -0.1) is 0 Å². The van der Waals surface area contributed by atoms with Gasteiger partial charge >= 0.3 is 0 Å². The Bertz CT molecular complexity index is 341. The Morgan fingerprint density at radius 2 is 2.00 bits per heavy atom. The van der Waals surface area contributed by atoms with Gasteiger partial charge in [-0.2, -0.15) is 0 Å². The fourth-order valence-corrected chi connectivity index (χ4v) is 2.92. The summed E-state index contributed by atoms with van der Waals surface area (Å²) in [5, 5.41) is 3.09. The normalized spacial score (nSPS) is 22.5. The molecule has 1 saturated heterocycles. The zero-order chi connectivity index (χ0) is 16.8. The Balaban J connectivity index is 2.52. The average molecular weight is 313 g/mol. The molecule has 1 rings (SSSR count). The number of nitrogens with zero attached hydrogens (tertiary/aromatic N) is 2.